The minimum absolute atomic E-state index is 0.219. The van der Waals surface area contributed by atoms with Gasteiger partial charge in [0, 0.05) is 27.7 Å². The molecule has 1 N–H and O–H groups in total. The quantitative estimate of drug-likeness (QED) is 0.436. The van der Waals surface area contributed by atoms with Crippen molar-refractivity contribution >= 4 is 34.3 Å². The number of H-pyrrole nitrogens is 1. The molecule has 2 aromatic heterocycles. The zero-order chi connectivity index (χ0) is 24.7. The summed E-state index contributed by atoms with van der Waals surface area (Å²) in [6.45, 7) is 5.74. The highest BCUT2D eigenvalue weighted by Crippen LogP contribution is 2.35. The number of aromatic nitrogens is 2. The summed E-state index contributed by atoms with van der Waals surface area (Å²) in [5.41, 5.74) is 4.28. The van der Waals surface area contributed by atoms with E-state index >= 15 is 0 Å². The summed E-state index contributed by atoms with van der Waals surface area (Å²) >= 11 is 1.31. The lowest BCUT2D eigenvalue weighted by Gasteiger charge is -2.25. The topological polar surface area (TPSA) is 85.7 Å². The van der Waals surface area contributed by atoms with Gasteiger partial charge in [0.15, 0.2) is 4.80 Å². The highest BCUT2D eigenvalue weighted by molar-refractivity contribution is 7.07. The first-order valence-electron chi connectivity index (χ1n) is 11.3. The van der Waals surface area contributed by atoms with Gasteiger partial charge in [-0.05, 0) is 39.0 Å². The Hall–Kier alpha value is -3.91. The summed E-state index contributed by atoms with van der Waals surface area (Å²) < 4.78 is 13.1. The van der Waals surface area contributed by atoms with E-state index in [2.05, 4.69) is 9.98 Å². The molecule has 2 aromatic carbocycles. The van der Waals surface area contributed by atoms with Crippen molar-refractivity contribution in [2.75, 3.05) is 13.7 Å². The van der Waals surface area contributed by atoms with Crippen LogP contribution >= 0.6 is 11.3 Å². The molecule has 0 amide bonds. The first kappa shape index (κ1) is 22.9. The smallest absolute Gasteiger partial charge is 0.338 e. The molecule has 3 heterocycles. The fraction of sp³-hybridized carbons (Fsp3) is 0.222. The van der Waals surface area contributed by atoms with Gasteiger partial charge in [-0.25, -0.2) is 9.79 Å². The zero-order valence-corrected chi connectivity index (χ0v) is 20.7. The van der Waals surface area contributed by atoms with Crippen LogP contribution in [0.3, 0.4) is 0 Å². The van der Waals surface area contributed by atoms with E-state index in [9.17, 15) is 9.59 Å². The number of fused-ring (bicyclic) bond motifs is 2. The molecular formula is C27H25N3O4S. The third-order valence-electron chi connectivity index (χ3n) is 6.17. The second-order valence-corrected chi connectivity index (χ2v) is 9.26. The molecule has 1 atom stereocenters. The Morgan fingerprint density at radius 1 is 1.17 bits per heavy atom. The fourth-order valence-corrected chi connectivity index (χ4v) is 5.62. The summed E-state index contributed by atoms with van der Waals surface area (Å²) in [5, 5.41) is 1.04. The molecule has 0 spiro atoms. The van der Waals surface area contributed by atoms with Gasteiger partial charge in [0.1, 0.15) is 11.8 Å². The maximum atomic E-state index is 13.9. The molecule has 0 bridgehead atoms. The Morgan fingerprint density at radius 3 is 2.69 bits per heavy atom. The first-order valence-corrected chi connectivity index (χ1v) is 12.2. The molecule has 0 unspecified atom stereocenters. The summed E-state index contributed by atoms with van der Waals surface area (Å²) in [5.74, 6) is 0.0856. The number of thiazole rings is 1. The predicted molar refractivity (Wildman–Crippen MR) is 136 cm³/mol. The molecule has 0 fully saturated rings. The number of carbonyl (C=O) groups is 1. The number of carbonyl (C=O) groups excluding carboxylic acids is 1. The molecular weight excluding hydrogens is 462 g/mol. The normalized spacial score (nSPS) is 15.8. The third-order valence-corrected chi connectivity index (χ3v) is 7.15. The number of allylic oxidation sites excluding steroid dienone is 1. The van der Waals surface area contributed by atoms with E-state index in [0.29, 0.717) is 31.9 Å². The predicted octanol–water partition coefficient (Wildman–Crippen LogP) is 3.60. The number of esters is 1. The molecule has 1 aliphatic heterocycles. The molecule has 0 radical (unpaired) electrons. The lowest BCUT2D eigenvalue weighted by Crippen LogP contribution is -2.40. The zero-order valence-electron chi connectivity index (χ0n) is 19.9. The van der Waals surface area contributed by atoms with Crippen LogP contribution in [-0.4, -0.2) is 29.2 Å². The minimum Gasteiger partial charge on any atom is -0.496 e. The van der Waals surface area contributed by atoms with E-state index in [1.165, 1.54) is 11.3 Å². The molecule has 7 nitrogen and oxygen atoms in total. The fourth-order valence-electron chi connectivity index (χ4n) is 4.59. The summed E-state index contributed by atoms with van der Waals surface area (Å²) in [6, 6.07) is 14.7. The SMILES string of the molecule is CCOC(=O)C1=C(C)N=c2sc(=Cc3c(C)[nH]c4ccccc34)c(=O)n2[C@@H]1c1ccccc1OC. The molecule has 0 aliphatic carbocycles. The molecule has 0 saturated carbocycles. The van der Waals surface area contributed by atoms with Gasteiger partial charge >= 0.3 is 5.97 Å². The van der Waals surface area contributed by atoms with Gasteiger partial charge in [0.25, 0.3) is 5.56 Å². The van der Waals surface area contributed by atoms with Gasteiger partial charge in [-0.15, -0.1) is 0 Å². The van der Waals surface area contributed by atoms with Crippen LogP contribution < -0.4 is 19.6 Å². The summed E-state index contributed by atoms with van der Waals surface area (Å²) in [7, 11) is 1.57. The molecule has 35 heavy (non-hydrogen) atoms. The maximum absolute atomic E-state index is 13.9. The average Bonchev–Trinajstić information content (AvgIpc) is 3.34. The van der Waals surface area contributed by atoms with Crippen LogP contribution in [0.15, 0.2) is 69.6 Å². The van der Waals surface area contributed by atoms with Gasteiger partial charge < -0.3 is 14.5 Å². The van der Waals surface area contributed by atoms with E-state index in [4.69, 9.17) is 9.47 Å². The highest BCUT2D eigenvalue weighted by atomic mass is 32.1. The molecule has 5 rings (SSSR count). The maximum Gasteiger partial charge on any atom is 0.338 e. The minimum atomic E-state index is -0.715. The number of benzene rings is 2. The number of aromatic amines is 1. The second kappa shape index (κ2) is 9.03. The number of hydrogen-bond donors (Lipinski definition) is 1. The van der Waals surface area contributed by atoms with Crippen LogP contribution in [-0.2, 0) is 9.53 Å². The third kappa shape index (κ3) is 3.80. The van der Waals surface area contributed by atoms with E-state index in [0.717, 1.165) is 22.2 Å². The average molecular weight is 488 g/mol. The molecule has 8 heteroatoms. The lowest BCUT2D eigenvalue weighted by atomic mass is 9.95. The van der Waals surface area contributed by atoms with Crippen molar-refractivity contribution in [2.45, 2.75) is 26.8 Å². The van der Waals surface area contributed by atoms with E-state index < -0.39 is 12.0 Å². The highest BCUT2D eigenvalue weighted by Gasteiger charge is 2.35. The van der Waals surface area contributed by atoms with Crippen LogP contribution in [0.5, 0.6) is 5.75 Å². The summed E-state index contributed by atoms with van der Waals surface area (Å²) in [6.07, 6.45) is 1.90. The van der Waals surface area contributed by atoms with Crippen molar-refractivity contribution in [3.8, 4) is 5.75 Å². The number of nitrogens with one attached hydrogen (secondary N) is 1. The van der Waals surface area contributed by atoms with Crippen molar-refractivity contribution in [1.29, 1.82) is 0 Å². The van der Waals surface area contributed by atoms with Crippen LogP contribution in [0.25, 0.3) is 17.0 Å². The Balaban J connectivity index is 1.79. The number of para-hydroxylation sites is 2. The van der Waals surface area contributed by atoms with Crippen molar-refractivity contribution in [3.63, 3.8) is 0 Å². The Morgan fingerprint density at radius 2 is 1.91 bits per heavy atom. The summed E-state index contributed by atoms with van der Waals surface area (Å²) in [4.78, 5) is 35.5. The number of aryl methyl sites for hydroxylation is 1. The van der Waals surface area contributed by atoms with Crippen LogP contribution in [0.2, 0.25) is 0 Å². The van der Waals surface area contributed by atoms with Gasteiger partial charge in [-0.3, -0.25) is 9.36 Å². The van der Waals surface area contributed by atoms with Crippen LogP contribution in [0, 0.1) is 6.92 Å². The second-order valence-electron chi connectivity index (χ2n) is 8.25. The number of hydrogen-bond acceptors (Lipinski definition) is 6. The van der Waals surface area contributed by atoms with Crippen molar-refractivity contribution in [2.24, 2.45) is 4.99 Å². The van der Waals surface area contributed by atoms with Gasteiger partial charge in [0.05, 0.1) is 29.5 Å². The first-order chi connectivity index (χ1) is 16.9. The number of ether oxygens (including phenoxy) is 2. The number of methoxy groups -OCH3 is 1. The Bertz CT molecular complexity index is 1670. The van der Waals surface area contributed by atoms with Crippen molar-refractivity contribution < 1.29 is 14.3 Å². The monoisotopic (exact) mass is 487 g/mol. The molecule has 4 aromatic rings. The van der Waals surface area contributed by atoms with Gasteiger partial charge in [-0.1, -0.05) is 47.7 Å². The van der Waals surface area contributed by atoms with E-state index in [1.807, 2.05) is 61.5 Å². The molecule has 178 valence electrons. The van der Waals surface area contributed by atoms with E-state index in [-0.39, 0.29) is 12.2 Å². The number of rotatable bonds is 5. The van der Waals surface area contributed by atoms with Crippen LogP contribution in [0.4, 0.5) is 0 Å². The van der Waals surface area contributed by atoms with Gasteiger partial charge in [-0.2, -0.15) is 0 Å². The Kier molecular flexibility index (Phi) is 5.90. The number of nitrogens with zero attached hydrogens (tertiary/aromatic N) is 2. The largest absolute Gasteiger partial charge is 0.496 e. The molecule has 0 saturated heterocycles. The standard InChI is InChI=1S/C27H25N3O4S/c1-5-34-26(32)23-16(3)29-27-30(24(23)18-11-7-9-13-21(18)33-4)25(31)22(35-27)14-19-15(2)28-20-12-8-6-10-17(19)20/h6-14,24,28H,5H2,1-4H3/t24-/m1/s1. The molecule has 1 aliphatic rings. The van der Waals surface area contributed by atoms with Gasteiger partial charge in [0.2, 0.25) is 0 Å². The van der Waals surface area contributed by atoms with Crippen LogP contribution in [0.1, 0.15) is 36.7 Å². The van der Waals surface area contributed by atoms with E-state index in [1.54, 1.807) is 25.5 Å². The van der Waals surface area contributed by atoms with Crippen molar-refractivity contribution in [3.05, 3.63) is 96.3 Å². The Labute approximate surface area is 205 Å². The lowest BCUT2D eigenvalue weighted by molar-refractivity contribution is -0.139. The van der Waals surface area contributed by atoms with Crippen molar-refractivity contribution in [1.82, 2.24) is 9.55 Å².